The van der Waals surface area contributed by atoms with Gasteiger partial charge in [0.1, 0.15) is 5.75 Å². The molecule has 6 nitrogen and oxygen atoms in total. The van der Waals surface area contributed by atoms with Gasteiger partial charge in [-0.25, -0.2) is 4.79 Å². The van der Waals surface area contributed by atoms with E-state index in [0.29, 0.717) is 17.0 Å². The first kappa shape index (κ1) is 20.6. The normalized spacial score (nSPS) is 23.0. The van der Waals surface area contributed by atoms with Crippen LogP contribution in [0.4, 0.5) is 5.69 Å². The zero-order valence-electron chi connectivity index (χ0n) is 17.5. The molecule has 2 aliphatic rings. The van der Waals surface area contributed by atoms with Gasteiger partial charge in [0.25, 0.3) is 5.91 Å². The Labute approximate surface area is 167 Å². The summed E-state index contributed by atoms with van der Waals surface area (Å²) in [6.07, 6.45) is 5.00. The first-order chi connectivity index (χ1) is 13.4. The molecule has 0 aromatic heterocycles. The standard InChI is InChI=1S/C22H32N2O4/c1-5-24(12-7-8-13-24)22(10-9-11-22)21(26)23-19-16(3)14-17(27-4)15-18(19)20(25)28-6-2/h12,14-15H,5-11,13H2,1-4H3,(H,23,26). The van der Waals surface area contributed by atoms with Crippen LogP contribution in [0.3, 0.4) is 0 Å². The van der Waals surface area contributed by atoms with Gasteiger partial charge in [-0.2, -0.15) is 0 Å². The second kappa shape index (κ2) is 8.11. The average molecular weight is 389 g/mol. The molecule has 1 aromatic carbocycles. The molecular weight excluding hydrogens is 356 g/mol. The van der Waals surface area contributed by atoms with Gasteiger partial charge < -0.3 is 19.3 Å². The molecule has 1 unspecified atom stereocenters. The van der Waals surface area contributed by atoms with Gasteiger partial charge in [0.05, 0.1) is 38.1 Å². The molecular formula is C22H32N2O4. The van der Waals surface area contributed by atoms with E-state index in [1.807, 2.05) is 13.0 Å². The summed E-state index contributed by atoms with van der Waals surface area (Å²) in [4.78, 5) is 26.1. The maximum Gasteiger partial charge on any atom is 0.340 e. The first-order valence-corrected chi connectivity index (χ1v) is 10.3. The van der Waals surface area contributed by atoms with Gasteiger partial charge in [0.2, 0.25) is 0 Å². The molecule has 2 fully saturated rings. The van der Waals surface area contributed by atoms with Crippen molar-refractivity contribution in [2.75, 3.05) is 32.1 Å². The highest BCUT2D eigenvalue weighted by molar-refractivity contribution is 6.05. The van der Waals surface area contributed by atoms with E-state index in [0.717, 1.165) is 55.2 Å². The summed E-state index contributed by atoms with van der Waals surface area (Å²) in [5.41, 5.74) is 1.24. The lowest BCUT2D eigenvalue weighted by molar-refractivity contribution is -0.935. The SMILES string of the molecule is CCOC(=O)c1cc(OC)cc(C)c1NC(=O)C1([N+]2(CC)[CH-]CCC2)CCC1. The molecule has 0 spiro atoms. The lowest BCUT2D eigenvalue weighted by atomic mass is 9.72. The number of hydrogen-bond donors (Lipinski definition) is 1. The first-order valence-electron chi connectivity index (χ1n) is 10.3. The summed E-state index contributed by atoms with van der Waals surface area (Å²) < 4.78 is 11.3. The molecule has 6 heteroatoms. The Kier molecular flexibility index (Phi) is 5.98. The molecule has 1 N–H and O–H groups in total. The van der Waals surface area contributed by atoms with E-state index in [-0.39, 0.29) is 12.5 Å². The predicted molar refractivity (Wildman–Crippen MR) is 108 cm³/mol. The minimum absolute atomic E-state index is 0.0116. The number of quaternary nitrogens is 1. The van der Waals surface area contributed by atoms with E-state index in [1.54, 1.807) is 20.1 Å². The van der Waals surface area contributed by atoms with Gasteiger partial charge in [0, 0.05) is 12.8 Å². The van der Waals surface area contributed by atoms with Crippen molar-refractivity contribution in [1.29, 1.82) is 0 Å². The number of ether oxygens (including phenoxy) is 2. The molecule has 0 bridgehead atoms. The van der Waals surface area contributed by atoms with Crippen molar-refractivity contribution in [3.63, 3.8) is 0 Å². The van der Waals surface area contributed by atoms with Gasteiger partial charge in [0.15, 0.2) is 5.54 Å². The van der Waals surface area contributed by atoms with Crippen LogP contribution in [0.5, 0.6) is 5.75 Å². The lowest BCUT2D eigenvalue weighted by Crippen LogP contribution is -2.70. The lowest BCUT2D eigenvalue weighted by Gasteiger charge is -2.60. The second-order valence-corrected chi connectivity index (χ2v) is 7.83. The number of carbonyl (C=O) groups is 2. The molecule has 1 atom stereocenters. The fourth-order valence-corrected chi connectivity index (χ4v) is 4.81. The van der Waals surface area contributed by atoms with Crippen LogP contribution in [0.2, 0.25) is 0 Å². The fourth-order valence-electron chi connectivity index (χ4n) is 4.81. The van der Waals surface area contributed by atoms with Crippen molar-refractivity contribution in [2.45, 2.75) is 58.4 Å². The van der Waals surface area contributed by atoms with Crippen LogP contribution in [-0.2, 0) is 9.53 Å². The smallest absolute Gasteiger partial charge is 0.340 e. The number of methoxy groups -OCH3 is 1. The highest BCUT2D eigenvalue weighted by atomic mass is 16.5. The largest absolute Gasteiger partial charge is 0.497 e. The zero-order valence-corrected chi connectivity index (χ0v) is 17.5. The molecule has 3 rings (SSSR count). The van der Waals surface area contributed by atoms with Crippen molar-refractivity contribution in [3.05, 3.63) is 29.8 Å². The number of nitrogens with one attached hydrogen (secondary N) is 1. The molecule has 28 heavy (non-hydrogen) atoms. The van der Waals surface area contributed by atoms with Gasteiger partial charge in [-0.3, -0.25) is 4.79 Å². The molecule has 1 saturated carbocycles. The number of aryl methyl sites for hydroxylation is 1. The summed E-state index contributed by atoms with van der Waals surface area (Å²) in [6, 6.07) is 3.47. The van der Waals surface area contributed by atoms with Crippen LogP contribution in [-0.4, -0.2) is 48.7 Å². The number of amides is 1. The highest BCUT2D eigenvalue weighted by Gasteiger charge is 2.56. The Morgan fingerprint density at radius 1 is 1.25 bits per heavy atom. The van der Waals surface area contributed by atoms with Crippen LogP contribution >= 0.6 is 0 Å². The minimum atomic E-state index is -0.449. The predicted octanol–water partition coefficient (Wildman–Crippen LogP) is 3.83. The summed E-state index contributed by atoms with van der Waals surface area (Å²) in [6.45, 7) is 10.3. The quantitative estimate of drug-likeness (QED) is 0.438. The van der Waals surface area contributed by atoms with Crippen molar-refractivity contribution >= 4 is 17.6 Å². The van der Waals surface area contributed by atoms with Crippen molar-refractivity contribution in [1.82, 2.24) is 0 Å². The van der Waals surface area contributed by atoms with E-state index in [1.165, 1.54) is 0 Å². The average Bonchev–Trinajstić information content (AvgIpc) is 3.12. The number of benzene rings is 1. The fraction of sp³-hybridized carbons (Fsp3) is 0.591. The number of nitrogens with zero attached hydrogens (tertiary/aromatic N) is 1. The number of likely N-dealkylation sites (N-methyl/N-ethyl adjacent to an activating group) is 1. The van der Waals surface area contributed by atoms with E-state index < -0.39 is 11.5 Å². The molecule has 1 amide bonds. The van der Waals surface area contributed by atoms with Gasteiger partial charge in [-0.15, -0.1) is 13.0 Å². The topological polar surface area (TPSA) is 64.6 Å². The summed E-state index contributed by atoms with van der Waals surface area (Å²) >= 11 is 0. The van der Waals surface area contributed by atoms with E-state index in [4.69, 9.17) is 9.47 Å². The Balaban J connectivity index is 1.96. The molecule has 1 aliphatic heterocycles. The van der Waals surface area contributed by atoms with Crippen molar-refractivity contribution in [2.24, 2.45) is 0 Å². The number of carbonyl (C=O) groups excluding carboxylic acids is 2. The third-order valence-electron chi connectivity index (χ3n) is 6.54. The van der Waals surface area contributed by atoms with E-state index in [9.17, 15) is 9.59 Å². The monoisotopic (exact) mass is 388 g/mol. The minimum Gasteiger partial charge on any atom is -0.497 e. The van der Waals surface area contributed by atoms with Gasteiger partial charge in [-0.1, -0.05) is 0 Å². The Hall–Kier alpha value is -2.08. The van der Waals surface area contributed by atoms with Crippen LogP contribution < -0.4 is 10.1 Å². The number of anilines is 1. The molecule has 1 heterocycles. The van der Waals surface area contributed by atoms with Crippen LogP contribution in [0.1, 0.15) is 61.9 Å². The van der Waals surface area contributed by atoms with E-state index in [2.05, 4.69) is 18.8 Å². The maximum atomic E-state index is 13.6. The van der Waals surface area contributed by atoms with Crippen LogP contribution in [0, 0.1) is 13.5 Å². The Morgan fingerprint density at radius 2 is 2.00 bits per heavy atom. The molecule has 154 valence electrons. The van der Waals surface area contributed by atoms with Gasteiger partial charge >= 0.3 is 5.97 Å². The number of rotatable bonds is 7. The summed E-state index contributed by atoms with van der Waals surface area (Å²) in [5.74, 6) is 0.133. The van der Waals surface area contributed by atoms with Crippen molar-refractivity contribution < 1.29 is 23.5 Å². The summed E-state index contributed by atoms with van der Waals surface area (Å²) in [7, 11) is 1.56. The van der Waals surface area contributed by atoms with Crippen LogP contribution in [0.25, 0.3) is 0 Å². The second-order valence-electron chi connectivity index (χ2n) is 7.83. The zero-order chi connectivity index (χ0) is 20.4. The third kappa shape index (κ3) is 3.28. The Morgan fingerprint density at radius 3 is 2.50 bits per heavy atom. The summed E-state index contributed by atoms with van der Waals surface area (Å²) in [5, 5.41) is 3.12. The molecule has 1 aromatic rings. The van der Waals surface area contributed by atoms with Crippen LogP contribution in [0.15, 0.2) is 12.1 Å². The molecule has 1 aliphatic carbocycles. The Bertz CT molecular complexity index is 749. The number of esters is 1. The molecule has 0 radical (unpaired) electrons. The number of hydrogen-bond acceptors (Lipinski definition) is 4. The maximum absolute atomic E-state index is 13.6. The third-order valence-corrected chi connectivity index (χ3v) is 6.54. The highest BCUT2D eigenvalue weighted by Crippen LogP contribution is 2.48. The molecule has 1 saturated heterocycles. The number of likely N-dealkylation sites (tertiary alicyclic amines) is 1. The van der Waals surface area contributed by atoms with Crippen molar-refractivity contribution in [3.8, 4) is 5.75 Å². The van der Waals surface area contributed by atoms with Gasteiger partial charge in [-0.05, 0) is 51.3 Å². The van der Waals surface area contributed by atoms with E-state index >= 15 is 0 Å².